The first kappa shape index (κ1) is 11.4. The Balaban J connectivity index is 3.25. The first-order valence-electron chi connectivity index (χ1n) is 4.27. The number of carboxylic acids is 1. The Morgan fingerprint density at radius 1 is 1.42 bits per heavy atom. The topological polar surface area (TPSA) is 89.3 Å². The molecule has 72 valence electrons. The molecule has 0 aromatic heterocycles. The molecule has 2 unspecified atom stereocenters. The van der Waals surface area contributed by atoms with Gasteiger partial charge >= 0.3 is 5.97 Å². The van der Waals surface area contributed by atoms with Crippen LogP contribution in [0.3, 0.4) is 0 Å². The predicted octanol–water partition coefficient (Wildman–Crippen LogP) is 0.306. The second kappa shape index (κ2) is 5.97. The van der Waals surface area contributed by atoms with Gasteiger partial charge in [0.05, 0.1) is 0 Å². The molecule has 0 aliphatic carbocycles. The highest BCUT2D eigenvalue weighted by Gasteiger charge is 2.07. The van der Waals surface area contributed by atoms with E-state index in [4.69, 9.17) is 16.6 Å². The van der Waals surface area contributed by atoms with Gasteiger partial charge in [-0.05, 0) is 19.8 Å². The molecule has 4 nitrogen and oxygen atoms in total. The third-order valence-corrected chi connectivity index (χ3v) is 1.85. The molecule has 4 heteroatoms. The molecule has 0 spiro atoms. The number of aliphatic carboxylic acids is 1. The molecule has 0 amide bonds. The minimum atomic E-state index is -0.746. The summed E-state index contributed by atoms with van der Waals surface area (Å²) in [5.41, 5.74) is 11.2. The summed E-state index contributed by atoms with van der Waals surface area (Å²) < 4.78 is 0. The number of carboxylic acid groups (broad SMARTS) is 1. The number of hydrogen-bond donors (Lipinski definition) is 3. The van der Waals surface area contributed by atoms with Crippen molar-refractivity contribution in [2.45, 2.75) is 44.7 Å². The van der Waals surface area contributed by atoms with Crippen molar-refractivity contribution in [2.75, 3.05) is 0 Å². The van der Waals surface area contributed by atoms with Crippen molar-refractivity contribution >= 4 is 5.97 Å². The van der Waals surface area contributed by atoms with E-state index in [0.29, 0.717) is 6.42 Å². The van der Waals surface area contributed by atoms with Crippen LogP contribution in [0.2, 0.25) is 0 Å². The number of carbonyl (C=O) groups is 1. The Labute approximate surface area is 72.9 Å². The summed E-state index contributed by atoms with van der Waals surface area (Å²) in [6.45, 7) is 1.86. The molecule has 0 aromatic rings. The van der Waals surface area contributed by atoms with Gasteiger partial charge in [0, 0.05) is 18.5 Å². The first-order chi connectivity index (χ1) is 5.54. The zero-order chi connectivity index (χ0) is 9.56. The summed E-state index contributed by atoms with van der Waals surface area (Å²) >= 11 is 0. The minimum absolute atomic E-state index is 0.00112. The second-order valence-corrected chi connectivity index (χ2v) is 3.16. The summed E-state index contributed by atoms with van der Waals surface area (Å²) in [7, 11) is 0. The van der Waals surface area contributed by atoms with Gasteiger partial charge in [0.25, 0.3) is 0 Å². The molecule has 0 fully saturated rings. The summed E-state index contributed by atoms with van der Waals surface area (Å²) in [6, 6.07) is -0.00590. The van der Waals surface area contributed by atoms with Crippen LogP contribution in [0, 0.1) is 0 Å². The van der Waals surface area contributed by atoms with Gasteiger partial charge in [-0.1, -0.05) is 6.42 Å². The number of nitrogens with two attached hydrogens (primary N) is 2. The van der Waals surface area contributed by atoms with Crippen LogP contribution in [-0.4, -0.2) is 23.2 Å². The van der Waals surface area contributed by atoms with Crippen LogP contribution < -0.4 is 11.5 Å². The molecule has 0 aliphatic rings. The lowest BCUT2D eigenvalue weighted by molar-refractivity contribution is -0.137. The second-order valence-electron chi connectivity index (χ2n) is 3.16. The van der Waals surface area contributed by atoms with Crippen molar-refractivity contribution in [3.8, 4) is 0 Å². The monoisotopic (exact) mass is 174 g/mol. The molecular weight excluding hydrogens is 156 g/mol. The standard InChI is InChI=1S/C8H18N2O2/c1-6(9)7(10)4-2-3-5-8(11)12/h6-7H,2-5,9-10H2,1H3,(H,11,12). The summed E-state index contributed by atoms with van der Waals surface area (Å²) in [6.07, 6.45) is 2.57. The molecular formula is C8H18N2O2. The molecule has 0 rings (SSSR count). The summed E-state index contributed by atoms with van der Waals surface area (Å²) in [4.78, 5) is 10.1. The van der Waals surface area contributed by atoms with Crippen LogP contribution in [0.5, 0.6) is 0 Å². The highest BCUT2D eigenvalue weighted by Crippen LogP contribution is 2.03. The molecule has 12 heavy (non-hydrogen) atoms. The molecule has 0 saturated carbocycles. The maximum absolute atomic E-state index is 10.1. The molecule has 0 bridgehead atoms. The Bertz CT molecular complexity index is 137. The van der Waals surface area contributed by atoms with Crippen molar-refractivity contribution in [3.05, 3.63) is 0 Å². The van der Waals surface area contributed by atoms with Gasteiger partial charge in [-0.2, -0.15) is 0 Å². The minimum Gasteiger partial charge on any atom is -0.481 e. The number of unbranched alkanes of at least 4 members (excludes halogenated alkanes) is 1. The van der Waals surface area contributed by atoms with E-state index in [1.807, 2.05) is 6.92 Å². The van der Waals surface area contributed by atoms with Crippen molar-refractivity contribution in [3.63, 3.8) is 0 Å². The quantitative estimate of drug-likeness (QED) is 0.505. The third-order valence-electron chi connectivity index (χ3n) is 1.85. The van der Waals surface area contributed by atoms with Crippen LogP contribution in [0.4, 0.5) is 0 Å². The zero-order valence-electron chi connectivity index (χ0n) is 7.49. The maximum Gasteiger partial charge on any atom is 0.303 e. The van der Waals surface area contributed by atoms with E-state index in [1.54, 1.807) is 0 Å². The lowest BCUT2D eigenvalue weighted by Gasteiger charge is -2.14. The Morgan fingerprint density at radius 3 is 2.42 bits per heavy atom. The lowest BCUT2D eigenvalue weighted by atomic mass is 10.0. The van der Waals surface area contributed by atoms with Gasteiger partial charge in [-0.3, -0.25) is 4.79 Å². The van der Waals surface area contributed by atoms with Crippen LogP contribution in [-0.2, 0) is 4.79 Å². The van der Waals surface area contributed by atoms with E-state index in [9.17, 15) is 4.79 Å². The van der Waals surface area contributed by atoms with Gasteiger partial charge in [0.1, 0.15) is 0 Å². The third kappa shape index (κ3) is 6.12. The van der Waals surface area contributed by atoms with Crippen molar-refractivity contribution in [1.29, 1.82) is 0 Å². The molecule has 0 radical (unpaired) electrons. The normalized spacial score (nSPS) is 15.6. The maximum atomic E-state index is 10.1. The van der Waals surface area contributed by atoms with Gasteiger partial charge in [0.2, 0.25) is 0 Å². The predicted molar refractivity (Wildman–Crippen MR) is 47.7 cm³/mol. The Morgan fingerprint density at radius 2 is 2.00 bits per heavy atom. The van der Waals surface area contributed by atoms with Crippen LogP contribution in [0.1, 0.15) is 32.6 Å². The van der Waals surface area contributed by atoms with E-state index in [1.165, 1.54) is 0 Å². The molecule has 0 saturated heterocycles. The Hall–Kier alpha value is -0.610. The fourth-order valence-corrected chi connectivity index (χ4v) is 0.919. The van der Waals surface area contributed by atoms with Crippen LogP contribution in [0.15, 0.2) is 0 Å². The van der Waals surface area contributed by atoms with Gasteiger partial charge in [0.15, 0.2) is 0 Å². The molecule has 0 heterocycles. The molecule has 0 aliphatic heterocycles. The van der Waals surface area contributed by atoms with Gasteiger partial charge in [-0.25, -0.2) is 0 Å². The lowest BCUT2D eigenvalue weighted by Crippen LogP contribution is -2.38. The highest BCUT2D eigenvalue weighted by atomic mass is 16.4. The Kier molecular flexibility index (Phi) is 5.66. The molecule has 5 N–H and O–H groups in total. The van der Waals surface area contributed by atoms with E-state index < -0.39 is 5.97 Å². The van der Waals surface area contributed by atoms with E-state index in [0.717, 1.165) is 12.8 Å². The smallest absolute Gasteiger partial charge is 0.303 e. The van der Waals surface area contributed by atoms with Crippen molar-refractivity contribution in [1.82, 2.24) is 0 Å². The van der Waals surface area contributed by atoms with Crippen LogP contribution >= 0.6 is 0 Å². The average molecular weight is 174 g/mol. The molecule has 2 atom stereocenters. The summed E-state index contributed by atoms with van der Waals surface area (Å²) in [5, 5.41) is 8.33. The van der Waals surface area contributed by atoms with Gasteiger partial charge in [-0.15, -0.1) is 0 Å². The zero-order valence-corrected chi connectivity index (χ0v) is 7.49. The van der Waals surface area contributed by atoms with E-state index in [2.05, 4.69) is 0 Å². The fourth-order valence-electron chi connectivity index (χ4n) is 0.919. The summed E-state index contributed by atoms with van der Waals surface area (Å²) in [5.74, 6) is -0.746. The first-order valence-corrected chi connectivity index (χ1v) is 4.27. The van der Waals surface area contributed by atoms with E-state index in [-0.39, 0.29) is 18.5 Å². The van der Waals surface area contributed by atoms with E-state index >= 15 is 0 Å². The molecule has 0 aromatic carbocycles. The SMILES string of the molecule is CC(N)C(N)CCCCC(=O)O. The van der Waals surface area contributed by atoms with Crippen LogP contribution in [0.25, 0.3) is 0 Å². The highest BCUT2D eigenvalue weighted by molar-refractivity contribution is 5.66. The number of rotatable bonds is 6. The fraction of sp³-hybridized carbons (Fsp3) is 0.875. The van der Waals surface area contributed by atoms with Crippen molar-refractivity contribution in [2.24, 2.45) is 11.5 Å². The average Bonchev–Trinajstić information content (AvgIpc) is 1.97. The largest absolute Gasteiger partial charge is 0.481 e. The van der Waals surface area contributed by atoms with Crippen molar-refractivity contribution < 1.29 is 9.90 Å². The number of hydrogen-bond acceptors (Lipinski definition) is 3. The van der Waals surface area contributed by atoms with Gasteiger partial charge < -0.3 is 16.6 Å².